The van der Waals surface area contributed by atoms with E-state index in [4.69, 9.17) is 4.42 Å². The summed E-state index contributed by atoms with van der Waals surface area (Å²) in [5, 5.41) is 6.82. The van der Waals surface area contributed by atoms with E-state index < -0.39 is 0 Å². The van der Waals surface area contributed by atoms with Crippen LogP contribution in [0.5, 0.6) is 0 Å². The van der Waals surface area contributed by atoms with E-state index >= 15 is 0 Å². The summed E-state index contributed by atoms with van der Waals surface area (Å²) in [5.74, 6) is 2.36. The summed E-state index contributed by atoms with van der Waals surface area (Å²) in [6.45, 7) is 7.61. The van der Waals surface area contributed by atoms with E-state index in [2.05, 4.69) is 65.7 Å². The molecule has 1 aromatic carbocycles. The van der Waals surface area contributed by atoms with Crippen LogP contribution in [0, 0.1) is 13.8 Å². The third kappa shape index (κ3) is 6.73. The van der Waals surface area contributed by atoms with Gasteiger partial charge in [-0.1, -0.05) is 28.1 Å². The maximum Gasteiger partial charge on any atom is 0.214 e. The Morgan fingerprint density at radius 2 is 1.93 bits per heavy atom. The number of rotatable bonds is 5. The molecule has 1 aliphatic rings. The van der Waals surface area contributed by atoms with Gasteiger partial charge in [0.05, 0.1) is 12.2 Å². The number of nitrogens with one attached hydrogen (secondary N) is 2. The number of hydrogen-bond acceptors (Lipinski definition) is 4. The zero-order valence-electron chi connectivity index (χ0n) is 16.7. The second kappa shape index (κ2) is 11.2. The maximum absolute atomic E-state index is 5.61. The monoisotopic (exact) mass is 561 g/mol. The molecule has 0 amide bonds. The van der Waals surface area contributed by atoms with Gasteiger partial charge >= 0.3 is 0 Å². The minimum absolute atomic E-state index is 0. The van der Waals surface area contributed by atoms with Crippen LogP contribution in [-0.2, 0) is 13.1 Å². The Balaban J connectivity index is 0.00000280. The third-order valence-electron chi connectivity index (χ3n) is 4.95. The highest BCUT2D eigenvalue weighted by Gasteiger charge is 2.20. The number of aromatic nitrogens is 1. The first kappa shape index (κ1) is 23.2. The normalized spacial score (nSPS) is 15.9. The highest BCUT2D eigenvalue weighted by molar-refractivity contribution is 14.0. The summed E-state index contributed by atoms with van der Waals surface area (Å²) in [5.41, 5.74) is 2.30. The lowest BCUT2D eigenvalue weighted by molar-refractivity contribution is 0.198. The fraction of sp³-hybridized carbons (Fsp3) is 0.500. The van der Waals surface area contributed by atoms with Gasteiger partial charge in [-0.25, -0.2) is 4.98 Å². The second-order valence-corrected chi connectivity index (χ2v) is 7.91. The van der Waals surface area contributed by atoms with Crippen molar-refractivity contribution >= 4 is 45.9 Å². The van der Waals surface area contributed by atoms with Crippen LogP contribution in [0.25, 0.3) is 0 Å². The Hall–Kier alpha value is -1.13. The van der Waals surface area contributed by atoms with Gasteiger partial charge < -0.3 is 15.1 Å². The molecule has 1 fully saturated rings. The van der Waals surface area contributed by atoms with Crippen molar-refractivity contribution in [1.82, 2.24) is 20.5 Å². The van der Waals surface area contributed by atoms with E-state index in [0.717, 1.165) is 54.4 Å². The lowest BCUT2D eigenvalue weighted by atomic mass is 10.0. The molecule has 0 bridgehead atoms. The lowest BCUT2D eigenvalue weighted by Gasteiger charge is -2.33. The van der Waals surface area contributed by atoms with Crippen molar-refractivity contribution < 1.29 is 4.42 Å². The first-order chi connectivity index (χ1) is 13.0. The summed E-state index contributed by atoms with van der Waals surface area (Å²) in [4.78, 5) is 11.2. The fourth-order valence-electron chi connectivity index (χ4n) is 3.25. The topological polar surface area (TPSA) is 65.7 Å². The quantitative estimate of drug-likeness (QED) is 0.328. The van der Waals surface area contributed by atoms with E-state index in [-0.39, 0.29) is 24.0 Å². The molecule has 1 saturated heterocycles. The highest BCUT2D eigenvalue weighted by atomic mass is 127. The Morgan fingerprint density at radius 3 is 2.50 bits per heavy atom. The number of aliphatic imine (C=N–C) groups is 1. The minimum Gasteiger partial charge on any atom is -0.444 e. The molecule has 28 heavy (non-hydrogen) atoms. The van der Waals surface area contributed by atoms with E-state index in [1.54, 1.807) is 7.05 Å². The molecule has 0 aliphatic carbocycles. The number of aryl methyl sites for hydroxylation is 2. The Labute approximate surface area is 192 Å². The summed E-state index contributed by atoms with van der Waals surface area (Å²) in [6.07, 6.45) is 2.21. The smallest absolute Gasteiger partial charge is 0.214 e. The van der Waals surface area contributed by atoms with Gasteiger partial charge in [0.25, 0.3) is 0 Å². The van der Waals surface area contributed by atoms with Crippen LogP contribution in [0.2, 0.25) is 0 Å². The summed E-state index contributed by atoms with van der Waals surface area (Å²) in [6, 6.07) is 9.02. The highest BCUT2D eigenvalue weighted by Crippen LogP contribution is 2.16. The molecule has 3 rings (SSSR count). The number of likely N-dealkylation sites (tertiary alicyclic amines) is 1. The van der Waals surface area contributed by atoms with Gasteiger partial charge in [0.1, 0.15) is 5.76 Å². The number of guanidine groups is 1. The van der Waals surface area contributed by atoms with Crippen LogP contribution in [-0.4, -0.2) is 42.0 Å². The average Bonchev–Trinajstić information content (AvgIpc) is 2.99. The van der Waals surface area contributed by atoms with Crippen LogP contribution in [0.4, 0.5) is 0 Å². The van der Waals surface area contributed by atoms with E-state index in [9.17, 15) is 0 Å². The zero-order valence-corrected chi connectivity index (χ0v) is 20.6. The van der Waals surface area contributed by atoms with Crippen LogP contribution in [0.15, 0.2) is 38.1 Å². The number of halogens is 2. The van der Waals surface area contributed by atoms with Crippen molar-refractivity contribution in [1.29, 1.82) is 0 Å². The van der Waals surface area contributed by atoms with Crippen LogP contribution >= 0.6 is 39.9 Å². The van der Waals surface area contributed by atoms with Gasteiger partial charge in [0, 0.05) is 37.2 Å². The molecule has 2 N–H and O–H groups in total. The summed E-state index contributed by atoms with van der Waals surface area (Å²) < 4.78 is 6.74. The first-order valence-electron chi connectivity index (χ1n) is 9.40. The summed E-state index contributed by atoms with van der Waals surface area (Å²) in [7, 11) is 1.80. The van der Waals surface area contributed by atoms with E-state index in [1.807, 2.05) is 13.8 Å². The molecular formula is C20H29BrIN5O. The standard InChI is InChI=1S/C20H28BrN5O.HI/c1-14-15(2)27-19(24-14)12-23-20(22-3)25-18-8-10-26(11-9-18)13-16-4-6-17(21)7-5-16;/h4-7,18H,8-13H2,1-3H3,(H2,22,23,25);1H. The van der Waals surface area contributed by atoms with Gasteiger partial charge in [-0.15, -0.1) is 24.0 Å². The Kier molecular flexibility index (Phi) is 9.23. The van der Waals surface area contributed by atoms with Crippen LogP contribution < -0.4 is 10.6 Å². The molecule has 0 unspecified atom stereocenters. The van der Waals surface area contributed by atoms with Crippen molar-refractivity contribution in [3.05, 3.63) is 51.6 Å². The SMILES string of the molecule is CN=C(NCc1nc(C)c(C)o1)NC1CCN(Cc2ccc(Br)cc2)CC1.I. The van der Waals surface area contributed by atoms with Gasteiger partial charge in [-0.2, -0.15) is 0 Å². The van der Waals surface area contributed by atoms with Crippen molar-refractivity contribution in [2.24, 2.45) is 4.99 Å². The number of hydrogen-bond donors (Lipinski definition) is 2. The van der Waals surface area contributed by atoms with Gasteiger partial charge in [-0.05, 0) is 44.4 Å². The molecule has 2 aromatic rings. The van der Waals surface area contributed by atoms with Crippen molar-refractivity contribution in [3.63, 3.8) is 0 Å². The minimum atomic E-state index is 0. The van der Waals surface area contributed by atoms with Crippen LogP contribution in [0.1, 0.15) is 35.7 Å². The van der Waals surface area contributed by atoms with Crippen LogP contribution in [0.3, 0.4) is 0 Å². The molecule has 154 valence electrons. The molecule has 6 nitrogen and oxygen atoms in total. The fourth-order valence-corrected chi connectivity index (χ4v) is 3.51. The number of piperidine rings is 1. The number of benzene rings is 1. The Morgan fingerprint density at radius 1 is 1.25 bits per heavy atom. The van der Waals surface area contributed by atoms with E-state index in [0.29, 0.717) is 18.5 Å². The molecule has 8 heteroatoms. The molecule has 2 heterocycles. The predicted octanol–water partition coefficient (Wildman–Crippen LogP) is 4.00. The Bertz CT molecular complexity index is 750. The van der Waals surface area contributed by atoms with Gasteiger partial charge in [0.2, 0.25) is 5.89 Å². The molecule has 1 aliphatic heterocycles. The molecule has 1 aromatic heterocycles. The van der Waals surface area contributed by atoms with Crippen molar-refractivity contribution in [2.45, 2.75) is 45.8 Å². The predicted molar refractivity (Wildman–Crippen MR) is 127 cm³/mol. The van der Waals surface area contributed by atoms with E-state index in [1.165, 1.54) is 5.56 Å². The molecule has 0 saturated carbocycles. The molecule has 0 spiro atoms. The lowest BCUT2D eigenvalue weighted by Crippen LogP contribution is -2.48. The molecular weight excluding hydrogens is 533 g/mol. The van der Waals surface area contributed by atoms with Gasteiger partial charge in [0.15, 0.2) is 5.96 Å². The maximum atomic E-state index is 5.61. The zero-order chi connectivity index (χ0) is 19.2. The number of oxazole rings is 1. The van der Waals surface area contributed by atoms with Crippen molar-refractivity contribution in [3.8, 4) is 0 Å². The largest absolute Gasteiger partial charge is 0.444 e. The summed E-state index contributed by atoms with van der Waals surface area (Å²) >= 11 is 3.49. The third-order valence-corrected chi connectivity index (χ3v) is 5.48. The average molecular weight is 562 g/mol. The van der Waals surface area contributed by atoms with Crippen molar-refractivity contribution in [2.75, 3.05) is 20.1 Å². The second-order valence-electron chi connectivity index (χ2n) is 7.00. The first-order valence-corrected chi connectivity index (χ1v) is 10.2. The van der Waals surface area contributed by atoms with Gasteiger partial charge in [-0.3, -0.25) is 9.89 Å². The molecule has 0 atom stereocenters. The molecule has 0 radical (unpaired) electrons. The number of nitrogens with zero attached hydrogens (tertiary/aromatic N) is 3.